The number of piperidine rings is 1. The van der Waals surface area contributed by atoms with Gasteiger partial charge >= 0.3 is 0 Å². The highest BCUT2D eigenvalue weighted by Crippen LogP contribution is 2.40. The molecule has 0 spiro atoms. The van der Waals surface area contributed by atoms with E-state index >= 15 is 0 Å². The van der Waals surface area contributed by atoms with Crippen LogP contribution in [0.3, 0.4) is 0 Å². The summed E-state index contributed by atoms with van der Waals surface area (Å²) in [5.74, 6) is 0.881. The van der Waals surface area contributed by atoms with Crippen molar-refractivity contribution in [1.29, 1.82) is 0 Å². The number of likely N-dealkylation sites (tertiary alicyclic amines) is 1. The Morgan fingerprint density at radius 2 is 1.54 bits per heavy atom. The fourth-order valence-electron chi connectivity index (χ4n) is 2.74. The molecule has 0 amide bonds. The molecule has 1 aliphatic rings. The SMILES string of the molecule is CN1C(C)(C)CC(CP)CC1(C)C. The molecule has 78 valence electrons. The van der Waals surface area contributed by atoms with Crippen LogP contribution in [0.1, 0.15) is 40.5 Å². The average Bonchev–Trinajstić information content (AvgIpc) is 1.99. The minimum atomic E-state index is 0.364. The molecular formula is C11H24NP. The molecule has 1 unspecified atom stereocenters. The van der Waals surface area contributed by atoms with Gasteiger partial charge in [0.25, 0.3) is 0 Å². The summed E-state index contributed by atoms with van der Waals surface area (Å²) in [6.07, 6.45) is 3.91. The van der Waals surface area contributed by atoms with Crippen molar-refractivity contribution in [3.8, 4) is 0 Å². The second kappa shape index (κ2) is 3.51. The lowest BCUT2D eigenvalue weighted by atomic mass is 9.75. The van der Waals surface area contributed by atoms with E-state index in [2.05, 4.69) is 48.9 Å². The van der Waals surface area contributed by atoms with Gasteiger partial charge in [0.2, 0.25) is 0 Å². The summed E-state index contributed by atoms with van der Waals surface area (Å²) in [7, 11) is 5.16. The lowest BCUT2D eigenvalue weighted by Gasteiger charge is -2.53. The second-order valence-corrected chi connectivity index (χ2v) is 6.17. The summed E-state index contributed by atoms with van der Waals surface area (Å²) < 4.78 is 0. The molecule has 1 saturated heterocycles. The molecule has 0 radical (unpaired) electrons. The van der Waals surface area contributed by atoms with Gasteiger partial charge < -0.3 is 0 Å². The quantitative estimate of drug-likeness (QED) is 0.590. The zero-order chi connectivity index (χ0) is 10.3. The topological polar surface area (TPSA) is 3.24 Å². The van der Waals surface area contributed by atoms with Crippen molar-refractivity contribution in [1.82, 2.24) is 4.90 Å². The van der Waals surface area contributed by atoms with Gasteiger partial charge in [0.1, 0.15) is 0 Å². The first kappa shape index (κ1) is 11.5. The van der Waals surface area contributed by atoms with Crippen molar-refractivity contribution in [3.05, 3.63) is 0 Å². The number of nitrogens with zero attached hydrogens (tertiary/aromatic N) is 1. The lowest BCUT2D eigenvalue weighted by molar-refractivity contribution is -0.0245. The zero-order valence-electron chi connectivity index (χ0n) is 9.72. The van der Waals surface area contributed by atoms with Gasteiger partial charge in [0, 0.05) is 11.1 Å². The standard InChI is InChI=1S/C11H24NP/c1-10(2)6-9(8-13)7-11(3,4)12(10)5/h9H,6-8,13H2,1-5H3. The summed E-state index contributed by atoms with van der Waals surface area (Å²) in [6.45, 7) is 9.45. The van der Waals surface area contributed by atoms with Crippen LogP contribution in [-0.4, -0.2) is 29.2 Å². The highest BCUT2D eigenvalue weighted by Gasteiger charge is 2.42. The van der Waals surface area contributed by atoms with Crippen LogP contribution in [0.15, 0.2) is 0 Å². The lowest BCUT2D eigenvalue weighted by Crippen LogP contribution is -2.58. The smallest absolute Gasteiger partial charge is 0.0158 e. The first-order valence-electron chi connectivity index (χ1n) is 5.23. The Morgan fingerprint density at radius 3 is 1.85 bits per heavy atom. The van der Waals surface area contributed by atoms with Gasteiger partial charge in [-0.05, 0) is 59.7 Å². The third-order valence-electron chi connectivity index (χ3n) is 3.73. The van der Waals surface area contributed by atoms with Crippen LogP contribution < -0.4 is 0 Å². The summed E-state index contributed by atoms with van der Waals surface area (Å²) in [5, 5.41) is 0. The molecule has 13 heavy (non-hydrogen) atoms. The van der Waals surface area contributed by atoms with Crippen LogP contribution in [0.4, 0.5) is 0 Å². The highest BCUT2D eigenvalue weighted by atomic mass is 31.0. The molecule has 1 fully saturated rings. The van der Waals surface area contributed by atoms with E-state index in [-0.39, 0.29) is 0 Å². The molecule has 0 aromatic heterocycles. The predicted molar refractivity (Wildman–Crippen MR) is 63.2 cm³/mol. The van der Waals surface area contributed by atoms with E-state index < -0.39 is 0 Å². The van der Waals surface area contributed by atoms with E-state index in [9.17, 15) is 0 Å². The van der Waals surface area contributed by atoms with Crippen LogP contribution in [0, 0.1) is 5.92 Å². The normalized spacial score (nSPS) is 29.1. The van der Waals surface area contributed by atoms with Crippen LogP contribution in [-0.2, 0) is 0 Å². The van der Waals surface area contributed by atoms with Crippen molar-refractivity contribution in [3.63, 3.8) is 0 Å². The third kappa shape index (κ3) is 2.25. The Bertz CT molecular complexity index is 169. The Hall–Kier alpha value is 0.390. The molecule has 0 aliphatic carbocycles. The molecular weight excluding hydrogens is 177 g/mol. The average molecular weight is 201 g/mol. The molecule has 2 heteroatoms. The number of hydrogen-bond donors (Lipinski definition) is 0. The summed E-state index contributed by atoms with van der Waals surface area (Å²) in [4.78, 5) is 2.54. The van der Waals surface area contributed by atoms with E-state index in [1.807, 2.05) is 0 Å². The molecule has 1 aliphatic heterocycles. The van der Waals surface area contributed by atoms with E-state index in [1.165, 1.54) is 19.0 Å². The third-order valence-corrected chi connectivity index (χ3v) is 4.39. The summed E-state index contributed by atoms with van der Waals surface area (Å²) in [5.41, 5.74) is 0.728. The molecule has 1 nitrogen and oxygen atoms in total. The van der Waals surface area contributed by atoms with Crippen molar-refractivity contribution in [2.75, 3.05) is 13.2 Å². The fraction of sp³-hybridized carbons (Fsp3) is 1.00. The predicted octanol–water partition coefficient (Wildman–Crippen LogP) is 2.76. The van der Waals surface area contributed by atoms with Gasteiger partial charge in [-0.2, -0.15) is 0 Å². The first-order valence-corrected chi connectivity index (χ1v) is 6.05. The molecule has 1 rings (SSSR count). The van der Waals surface area contributed by atoms with Gasteiger partial charge in [-0.1, -0.05) is 0 Å². The Balaban J connectivity index is 2.82. The maximum absolute atomic E-state index is 2.90. The van der Waals surface area contributed by atoms with Crippen molar-refractivity contribution >= 4 is 9.24 Å². The van der Waals surface area contributed by atoms with Crippen LogP contribution in [0.5, 0.6) is 0 Å². The maximum Gasteiger partial charge on any atom is 0.0158 e. The summed E-state index contributed by atoms with van der Waals surface area (Å²) >= 11 is 0. The summed E-state index contributed by atoms with van der Waals surface area (Å²) in [6, 6.07) is 0. The van der Waals surface area contributed by atoms with Crippen molar-refractivity contribution in [2.24, 2.45) is 5.92 Å². The first-order chi connectivity index (χ1) is 5.79. The Labute approximate surface area is 85.5 Å². The molecule has 1 heterocycles. The van der Waals surface area contributed by atoms with Gasteiger partial charge in [0.05, 0.1) is 0 Å². The van der Waals surface area contributed by atoms with E-state index in [0.29, 0.717) is 11.1 Å². The van der Waals surface area contributed by atoms with Crippen LogP contribution in [0.2, 0.25) is 0 Å². The van der Waals surface area contributed by atoms with Crippen molar-refractivity contribution in [2.45, 2.75) is 51.6 Å². The van der Waals surface area contributed by atoms with E-state index in [1.54, 1.807) is 0 Å². The molecule has 0 saturated carbocycles. The Morgan fingerprint density at radius 1 is 1.15 bits per heavy atom. The monoisotopic (exact) mass is 201 g/mol. The molecule has 0 bridgehead atoms. The number of hydrogen-bond acceptors (Lipinski definition) is 1. The maximum atomic E-state index is 2.90. The fourth-order valence-corrected chi connectivity index (χ4v) is 3.08. The minimum absolute atomic E-state index is 0.364. The van der Waals surface area contributed by atoms with Gasteiger partial charge in [-0.25, -0.2) is 0 Å². The highest BCUT2D eigenvalue weighted by molar-refractivity contribution is 7.16. The molecule has 0 aromatic rings. The van der Waals surface area contributed by atoms with Crippen LogP contribution in [0.25, 0.3) is 0 Å². The second-order valence-electron chi connectivity index (χ2n) is 5.69. The van der Waals surface area contributed by atoms with Gasteiger partial charge in [-0.15, -0.1) is 9.24 Å². The Kier molecular flexibility index (Phi) is 3.10. The molecule has 1 atom stereocenters. The number of rotatable bonds is 1. The van der Waals surface area contributed by atoms with E-state index in [4.69, 9.17) is 0 Å². The van der Waals surface area contributed by atoms with Gasteiger partial charge in [-0.3, -0.25) is 4.90 Å². The van der Waals surface area contributed by atoms with E-state index in [0.717, 1.165) is 5.92 Å². The molecule has 0 aromatic carbocycles. The molecule has 0 N–H and O–H groups in total. The van der Waals surface area contributed by atoms with Crippen molar-refractivity contribution < 1.29 is 0 Å². The zero-order valence-corrected chi connectivity index (χ0v) is 10.9. The van der Waals surface area contributed by atoms with Crippen LogP contribution >= 0.6 is 9.24 Å². The van der Waals surface area contributed by atoms with Gasteiger partial charge in [0.15, 0.2) is 0 Å². The largest absolute Gasteiger partial charge is 0.296 e. The minimum Gasteiger partial charge on any atom is -0.296 e.